The van der Waals surface area contributed by atoms with E-state index in [1.165, 1.54) is 13.0 Å². The Hall–Kier alpha value is -2.80. The topological polar surface area (TPSA) is 96.5 Å². The molecule has 1 aliphatic heterocycles. The number of alkyl halides is 3. The van der Waals surface area contributed by atoms with Crippen LogP contribution in [0.4, 0.5) is 24.5 Å². The van der Waals surface area contributed by atoms with E-state index in [4.69, 9.17) is 16.3 Å². The minimum absolute atomic E-state index is 0.0889. The largest absolute Gasteiger partial charge is 0.485 e. The second-order valence-electron chi connectivity index (χ2n) is 8.80. The summed E-state index contributed by atoms with van der Waals surface area (Å²) in [6, 6.07) is 10.9. The summed E-state index contributed by atoms with van der Waals surface area (Å²) in [6.07, 6.45) is -4.19. The van der Waals surface area contributed by atoms with Crippen molar-refractivity contribution in [3.8, 4) is 16.9 Å². The lowest BCUT2D eigenvalue weighted by molar-refractivity contribution is -0.139. The van der Waals surface area contributed by atoms with Gasteiger partial charge in [0.25, 0.3) is 10.0 Å². The third kappa shape index (κ3) is 6.38. The van der Waals surface area contributed by atoms with Crippen LogP contribution in [0.2, 0.25) is 4.34 Å². The number of thiophene rings is 1. The highest BCUT2D eigenvalue weighted by Crippen LogP contribution is 2.42. The summed E-state index contributed by atoms with van der Waals surface area (Å²) in [6.45, 7) is 4.02. The van der Waals surface area contributed by atoms with E-state index >= 15 is 0 Å². The van der Waals surface area contributed by atoms with E-state index in [0.717, 1.165) is 29.5 Å². The van der Waals surface area contributed by atoms with Crippen LogP contribution in [-0.4, -0.2) is 33.0 Å². The molecule has 0 bridgehead atoms. The Kier molecular flexibility index (Phi) is 7.48. The molecule has 7 nitrogen and oxygen atoms in total. The number of ether oxygens (including phenoxy) is 1. The van der Waals surface area contributed by atoms with Crippen LogP contribution in [0.5, 0.6) is 5.75 Å². The smallest absolute Gasteiger partial charge is 0.419 e. The summed E-state index contributed by atoms with van der Waals surface area (Å²) in [5.41, 5.74) is -0.587. The maximum absolute atomic E-state index is 13.7. The van der Waals surface area contributed by atoms with E-state index in [-0.39, 0.29) is 20.1 Å². The van der Waals surface area contributed by atoms with Crippen molar-refractivity contribution in [2.75, 3.05) is 23.1 Å². The van der Waals surface area contributed by atoms with Crippen LogP contribution in [0.1, 0.15) is 25.8 Å². The highest BCUT2D eigenvalue weighted by atomic mass is 35.5. The molecule has 2 heterocycles. The van der Waals surface area contributed by atoms with Crippen LogP contribution in [0.15, 0.2) is 52.7 Å². The minimum atomic E-state index is -4.69. The normalized spacial score (nSPS) is 18.0. The molecule has 1 amide bonds. The minimum Gasteiger partial charge on any atom is -0.485 e. The van der Waals surface area contributed by atoms with Crippen molar-refractivity contribution in [3.63, 3.8) is 0 Å². The number of carbonyl (C=O) groups is 1. The molecule has 3 N–H and O–H groups in total. The van der Waals surface area contributed by atoms with Crippen LogP contribution in [0, 0.1) is 0 Å². The van der Waals surface area contributed by atoms with Gasteiger partial charge in [0, 0.05) is 37.2 Å². The van der Waals surface area contributed by atoms with Gasteiger partial charge in [-0.3, -0.25) is 9.52 Å². The number of anilines is 2. The summed E-state index contributed by atoms with van der Waals surface area (Å²) in [4.78, 5) is 11.3. The molecule has 2 aromatic carbocycles. The van der Waals surface area contributed by atoms with E-state index in [1.54, 1.807) is 31.2 Å². The first-order chi connectivity index (χ1) is 17.3. The summed E-state index contributed by atoms with van der Waals surface area (Å²) >= 11 is 6.96. The highest BCUT2D eigenvalue weighted by molar-refractivity contribution is 7.94. The van der Waals surface area contributed by atoms with Gasteiger partial charge >= 0.3 is 6.18 Å². The maximum atomic E-state index is 13.7. The third-order valence-electron chi connectivity index (χ3n) is 5.65. The Morgan fingerprint density at radius 2 is 1.81 bits per heavy atom. The number of hydrogen-bond donors (Lipinski definition) is 3. The van der Waals surface area contributed by atoms with Crippen LogP contribution < -0.4 is 20.1 Å². The predicted molar refractivity (Wildman–Crippen MR) is 138 cm³/mol. The van der Waals surface area contributed by atoms with Gasteiger partial charge in [0.05, 0.1) is 15.6 Å². The van der Waals surface area contributed by atoms with Gasteiger partial charge in [-0.05, 0) is 49.4 Å². The molecule has 37 heavy (non-hydrogen) atoms. The number of carbonyl (C=O) groups excluding carboxylic acids is 1. The molecule has 1 aromatic heterocycles. The van der Waals surface area contributed by atoms with Crippen LogP contribution in [0.25, 0.3) is 11.1 Å². The average molecular weight is 574 g/mol. The van der Waals surface area contributed by atoms with Crippen molar-refractivity contribution in [1.82, 2.24) is 5.32 Å². The van der Waals surface area contributed by atoms with Gasteiger partial charge in [-0.1, -0.05) is 23.7 Å². The van der Waals surface area contributed by atoms with Crippen LogP contribution in [0.3, 0.4) is 0 Å². The summed E-state index contributed by atoms with van der Waals surface area (Å²) in [5, 5.41) is 5.68. The van der Waals surface area contributed by atoms with Crippen molar-refractivity contribution in [2.24, 2.45) is 0 Å². The molecule has 13 heteroatoms. The molecule has 0 radical (unpaired) electrons. The van der Waals surface area contributed by atoms with Gasteiger partial charge in [-0.25, -0.2) is 8.42 Å². The fraction of sp³-hybridized carbons (Fsp3) is 0.292. The molecular formula is C24H23ClF3N3O4S2. The number of sulfonamides is 1. The zero-order chi connectivity index (χ0) is 27.0. The number of amides is 1. The van der Waals surface area contributed by atoms with E-state index in [0.29, 0.717) is 36.3 Å². The average Bonchev–Trinajstić information content (AvgIpc) is 3.39. The van der Waals surface area contributed by atoms with Crippen LogP contribution >= 0.6 is 22.9 Å². The number of nitrogens with one attached hydrogen (secondary N) is 3. The SMILES string of the molecule is CC(=O)Nc1ccc(-c2cc(Cl)sc2S(=O)(=O)Nc2ccc(C(F)(F)F)c(O[C@]3(C)CCNC3)c2)cc1. The standard InChI is InChI=1S/C24H23ClF3N3O4S2/c1-14(32)30-16-5-3-15(4-6-16)18-12-21(25)36-22(18)37(33,34)31-17-7-8-19(24(26,27)28)20(11-17)35-23(2)9-10-29-13-23/h3-8,11-12,29,31H,9-10,13H2,1-2H3,(H,30,32)/t23-/m1/s1. The molecule has 0 aliphatic carbocycles. The zero-order valence-electron chi connectivity index (χ0n) is 19.7. The van der Waals surface area contributed by atoms with Crippen molar-refractivity contribution < 1.29 is 31.1 Å². The lowest BCUT2D eigenvalue weighted by Gasteiger charge is -2.27. The molecule has 3 aromatic rings. The lowest BCUT2D eigenvalue weighted by atomic mass is 10.1. The molecule has 0 unspecified atom stereocenters. The molecule has 1 aliphatic rings. The summed E-state index contributed by atoms with van der Waals surface area (Å²) < 4.78 is 75.8. The molecule has 1 saturated heterocycles. The second kappa shape index (κ2) is 10.2. The number of benzene rings is 2. The highest BCUT2D eigenvalue weighted by Gasteiger charge is 2.38. The monoisotopic (exact) mass is 573 g/mol. The molecule has 1 fully saturated rings. The first-order valence-corrected chi connectivity index (χ1v) is 13.7. The van der Waals surface area contributed by atoms with Crippen LogP contribution in [-0.2, 0) is 21.0 Å². The fourth-order valence-corrected chi connectivity index (χ4v) is 6.88. The second-order valence-corrected chi connectivity index (χ2v) is 12.4. The first kappa shape index (κ1) is 27.2. The molecule has 198 valence electrons. The maximum Gasteiger partial charge on any atom is 0.419 e. The van der Waals surface area contributed by atoms with E-state index in [1.807, 2.05) is 0 Å². The Morgan fingerprint density at radius 3 is 2.41 bits per heavy atom. The fourth-order valence-electron chi connectivity index (χ4n) is 3.94. The van der Waals surface area contributed by atoms with Gasteiger partial charge in [0.15, 0.2) is 0 Å². The van der Waals surface area contributed by atoms with Gasteiger partial charge in [0.1, 0.15) is 15.6 Å². The van der Waals surface area contributed by atoms with E-state index < -0.39 is 33.1 Å². The zero-order valence-corrected chi connectivity index (χ0v) is 22.1. The number of rotatable bonds is 7. The Morgan fingerprint density at radius 1 is 1.14 bits per heavy atom. The predicted octanol–water partition coefficient (Wildman–Crippen LogP) is 5.98. The molecule has 0 spiro atoms. The van der Waals surface area contributed by atoms with Gasteiger partial charge in [-0.2, -0.15) is 13.2 Å². The quantitative estimate of drug-likeness (QED) is 0.323. The van der Waals surface area contributed by atoms with Gasteiger partial charge in [-0.15, -0.1) is 11.3 Å². The Balaban J connectivity index is 1.66. The molecule has 1 atom stereocenters. The van der Waals surface area contributed by atoms with Crippen molar-refractivity contribution in [1.29, 1.82) is 0 Å². The van der Waals surface area contributed by atoms with Gasteiger partial charge in [0.2, 0.25) is 5.91 Å². The summed E-state index contributed by atoms with van der Waals surface area (Å²) in [7, 11) is -4.24. The lowest BCUT2D eigenvalue weighted by Crippen LogP contribution is -2.35. The van der Waals surface area contributed by atoms with E-state index in [2.05, 4.69) is 15.4 Å². The number of hydrogen-bond acceptors (Lipinski definition) is 6. The first-order valence-electron chi connectivity index (χ1n) is 11.1. The van der Waals surface area contributed by atoms with Crippen molar-refractivity contribution >= 4 is 50.2 Å². The molecule has 4 rings (SSSR count). The third-order valence-corrected chi connectivity index (χ3v) is 8.83. The Labute approximate surface area is 221 Å². The number of halogens is 4. The Bertz CT molecular complexity index is 1420. The van der Waals surface area contributed by atoms with Crippen molar-refractivity contribution in [3.05, 3.63) is 58.4 Å². The van der Waals surface area contributed by atoms with E-state index in [9.17, 15) is 26.4 Å². The summed E-state index contributed by atoms with van der Waals surface area (Å²) in [5.74, 6) is -0.714. The molecule has 0 saturated carbocycles. The van der Waals surface area contributed by atoms with Gasteiger partial charge < -0.3 is 15.4 Å². The molecular weight excluding hydrogens is 551 g/mol. The van der Waals surface area contributed by atoms with Crippen molar-refractivity contribution in [2.45, 2.75) is 36.3 Å².